The average molecular weight is 549 g/mol. The van der Waals surface area contributed by atoms with Gasteiger partial charge in [0.15, 0.2) is 5.65 Å². The molecule has 0 saturated heterocycles. The standard InChI is InChI=1S/C30H34F2N6O2/c1-18(2)33-29(40)20-12-11-19(3)22(17-20)26-21-13-14-25(39)38(27-23(31)9-7-10-24(27)32)28(21)35-30(34-26)37(6)16-8-15-36(4)5/h7,9-14,17-18H,8,15-16H2,1-6H3,(H,33,40). The lowest BCUT2D eigenvalue weighted by molar-refractivity contribution is 0.0943. The van der Waals surface area contributed by atoms with Gasteiger partial charge in [-0.05, 0) is 83.7 Å². The molecular formula is C30H34F2N6O2. The van der Waals surface area contributed by atoms with Gasteiger partial charge >= 0.3 is 0 Å². The molecule has 2 aromatic carbocycles. The van der Waals surface area contributed by atoms with E-state index in [1.54, 1.807) is 18.2 Å². The second-order valence-electron chi connectivity index (χ2n) is 10.4. The van der Waals surface area contributed by atoms with Crippen molar-refractivity contribution < 1.29 is 13.6 Å². The zero-order chi connectivity index (χ0) is 29.1. The number of nitrogens with one attached hydrogen (secondary N) is 1. The summed E-state index contributed by atoms with van der Waals surface area (Å²) in [6, 6.07) is 11.5. The molecule has 0 unspecified atom stereocenters. The highest BCUT2D eigenvalue weighted by Gasteiger charge is 2.22. The van der Waals surface area contributed by atoms with E-state index in [1.807, 2.05) is 52.9 Å². The summed E-state index contributed by atoms with van der Waals surface area (Å²) >= 11 is 0. The Labute approximate surface area is 232 Å². The Morgan fingerprint density at radius 3 is 2.35 bits per heavy atom. The summed E-state index contributed by atoms with van der Waals surface area (Å²) in [6.07, 6.45) is 0.813. The molecule has 0 aliphatic heterocycles. The van der Waals surface area contributed by atoms with E-state index in [-0.39, 0.29) is 23.5 Å². The van der Waals surface area contributed by atoms with Crippen LogP contribution in [0, 0.1) is 18.6 Å². The predicted molar refractivity (Wildman–Crippen MR) is 154 cm³/mol. The number of hydrogen-bond donors (Lipinski definition) is 1. The first kappa shape index (κ1) is 28.8. The smallest absolute Gasteiger partial charge is 0.256 e. The number of pyridine rings is 1. The Balaban J connectivity index is 2.01. The number of carbonyl (C=O) groups excluding carboxylic acids is 1. The quantitative estimate of drug-likeness (QED) is 0.330. The number of rotatable bonds is 9. The van der Waals surface area contributed by atoms with Crippen molar-refractivity contribution in [3.8, 4) is 16.9 Å². The van der Waals surface area contributed by atoms with Gasteiger partial charge in [0.2, 0.25) is 5.95 Å². The number of amides is 1. The summed E-state index contributed by atoms with van der Waals surface area (Å²) in [4.78, 5) is 39.4. The van der Waals surface area contributed by atoms with Gasteiger partial charge in [-0.15, -0.1) is 0 Å². The van der Waals surface area contributed by atoms with E-state index >= 15 is 0 Å². The topological polar surface area (TPSA) is 83.4 Å². The van der Waals surface area contributed by atoms with Crippen molar-refractivity contribution in [1.29, 1.82) is 0 Å². The Bertz CT molecular complexity index is 1600. The van der Waals surface area contributed by atoms with Gasteiger partial charge in [-0.25, -0.2) is 13.8 Å². The Kier molecular flexibility index (Phi) is 8.58. The van der Waals surface area contributed by atoms with Gasteiger partial charge in [-0.1, -0.05) is 12.1 Å². The zero-order valence-electron chi connectivity index (χ0n) is 23.6. The van der Waals surface area contributed by atoms with E-state index in [0.29, 0.717) is 28.8 Å². The lowest BCUT2D eigenvalue weighted by Gasteiger charge is -2.21. The maximum atomic E-state index is 15.0. The molecule has 0 atom stereocenters. The number of halogens is 2. The van der Waals surface area contributed by atoms with Gasteiger partial charge in [-0.3, -0.25) is 14.2 Å². The van der Waals surface area contributed by atoms with Crippen LogP contribution < -0.4 is 15.8 Å². The molecule has 2 aromatic heterocycles. The average Bonchev–Trinajstić information content (AvgIpc) is 2.88. The molecule has 0 fully saturated rings. The maximum Gasteiger partial charge on any atom is 0.256 e. The van der Waals surface area contributed by atoms with Gasteiger partial charge in [-0.2, -0.15) is 4.98 Å². The van der Waals surface area contributed by atoms with E-state index in [4.69, 9.17) is 4.98 Å². The number of para-hydroxylation sites is 1. The summed E-state index contributed by atoms with van der Waals surface area (Å²) in [7, 11) is 5.80. The SMILES string of the molecule is Cc1ccc(C(=O)NC(C)C)cc1-c1nc(N(C)CCCN(C)C)nc2c1ccc(=O)n2-c1c(F)cccc1F. The number of fused-ring (bicyclic) bond motifs is 1. The summed E-state index contributed by atoms with van der Waals surface area (Å²) in [6.45, 7) is 7.08. The molecular weight excluding hydrogens is 514 g/mol. The van der Waals surface area contributed by atoms with Crippen molar-refractivity contribution in [2.75, 3.05) is 39.1 Å². The molecule has 1 amide bonds. The van der Waals surface area contributed by atoms with Crippen LogP contribution in [0.3, 0.4) is 0 Å². The lowest BCUT2D eigenvalue weighted by Crippen LogP contribution is -2.30. The van der Waals surface area contributed by atoms with Crippen LogP contribution in [0.15, 0.2) is 53.3 Å². The van der Waals surface area contributed by atoms with Gasteiger partial charge < -0.3 is 15.1 Å². The molecule has 0 bridgehead atoms. The minimum absolute atomic E-state index is 0.0512. The molecule has 4 rings (SSSR count). The fraction of sp³-hybridized carbons (Fsp3) is 0.333. The summed E-state index contributed by atoms with van der Waals surface area (Å²) in [5.41, 5.74) is 1.28. The fourth-order valence-electron chi connectivity index (χ4n) is 4.49. The predicted octanol–water partition coefficient (Wildman–Crippen LogP) is 4.56. The van der Waals surface area contributed by atoms with E-state index in [2.05, 4.69) is 15.2 Å². The summed E-state index contributed by atoms with van der Waals surface area (Å²) in [5.74, 6) is -1.73. The molecule has 4 aromatic rings. The molecule has 1 N–H and O–H groups in total. The third kappa shape index (κ3) is 6.02. The maximum absolute atomic E-state index is 15.0. The van der Waals surface area contributed by atoms with E-state index in [0.717, 1.165) is 35.2 Å². The number of nitrogens with zero attached hydrogens (tertiary/aromatic N) is 5. The van der Waals surface area contributed by atoms with Crippen molar-refractivity contribution in [3.63, 3.8) is 0 Å². The number of hydrogen-bond acceptors (Lipinski definition) is 6. The molecule has 0 radical (unpaired) electrons. The van der Waals surface area contributed by atoms with Crippen LogP contribution in [0.2, 0.25) is 0 Å². The van der Waals surface area contributed by atoms with Crippen LogP contribution in [-0.2, 0) is 0 Å². The Hall–Kier alpha value is -4.18. The molecule has 8 nitrogen and oxygen atoms in total. The van der Waals surface area contributed by atoms with Gasteiger partial charge in [0, 0.05) is 42.2 Å². The van der Waals surface area contributed by atoms with Crippen LogP contribution in [0.5, 0.6) is 0 Å². The van der Waals surface area contributed by atoms with Crippen LogP contribution >= 0.6 is 0 Å². The molecule has 0 spiro atoms. The lowest BCUT2D eigenvalue weighted by atomic mass is 9.99. The third-order valence-electron chi connectivity index (χ3n) is 6.51. The molecule has 40 heavy (non-hydrogen) atoms. The first-order valence-corrected chi connectivity index (χ1v) is 13.1. The minimum Gasteiger partial charge on any atom is -0.350 e. The van der Waals surface area contributed by atoms with E-state index in [1.165, 1.54) is 12.1 Å². The monoisotopic (exact) mass is 548 g/mol. The number of aryl methyl sites for hydroxylation is 1. The summed E-state index contributed by atoms with van der Waals surface area (Å²) in [5, 5.41) is 3.31. The highest BCUT2D eigenvalue weighted by Crippen LogP contribution is 2.32. The van der Waals surface area contributed by atoms with Crippen molar-refractivity contribution >= 4 is 22.9 Å². The van der Waals surface area contributed by atoms with E-state index in [9.17, 15) is 18.4 Å². The second kappa shape index (κ2) is 11.9. The highest BCUT2D eigenvalue weighted by atomic mass is 19.1. The molecule has 0 aliphatic rings. The molecule has 210 valence electrons. The third-order valence-corrected chi connectivity index (χ3v) is 6.51. The number of anilines is 1. The largest absolute Gasteiger partial charge is 0.350 e. The Morgan fingerprint density at radius 1 is 1.00 bits per heavy atom. The first-order valence-electron chi connectivity index (χ1n) is 13.1. The van der Waals surface area contributed by atoms with Gasteiger partial charge in [0.05, 0.1) is 5.69 Å². The zero-order valence-corrected chi connectivity index (χ0v) is 23.6. The van der Waals surface area contributed by atoms with Crippen molar-refractivity contribution in [2.45, 2.75) is 33.2 Å². The van der Waals surface area contributed by atoms with E-state index < -0.39 is 22.9 Å². The van der Waals surface area contributed by atoms with Crippen LogP contribution in [0.4, 0.5) is 14.7 Å². The Morgan fingerprint density at radius 2 is 1.70 bits per heavy atom. The van der Waals surface area contributed by atoms with Crippen LogP contribution in [0.1, 0.15) is 36.2 Å². The number of aromatic nitrogens is 3. The molecule has 0 saturated carbocycles. The van der Waals surface area contributed by atoms with Crippen molar-refractivity contribution in [1.82, 2.24) is 24.8 Å². The van der Waals surface area contributed by atoms with Crippen molar-refractivity contribution in [2.24, 2.45) is 0 Å². The number of benzene rings is 2. The molecule has 2 heterocycles. The molecule has 0 aliphatic carbocycles. The molecule has 10 heteroatoms. The summed E-state index contributed by atoms with van der Waals surface area (Å²) < 4.78 is 30.9. The highest BCUT2D eigenvalue weighted by molar-refractivity contribution is 5.98. The van der Waals surface area contributed by atoms with Gasteiger partial charge in [0.25, 0.3) is 11.5 Å². The van der Waals surface area contributed by atoms with Crippen molar-refractivity contribution in [3.05, 3.63) is 81.6 Å². The minimum atomic E-state index is -0.890. The second-order valence-corrected chi connectivity index (χ2v) is 10.4. The van der Waals surface area contributed by atoms with Crippen LogP contribution in [-0.4, -0.2) is 65.6 Å². The number of carbonyl (C=O) groups is 1. The fourth-order valence-corrected chi connectivity index (χ4v) is 4.49. The normalized spacial score (nSPS) is 11.4. The van der Waals surface area contributed by atoms with Gasteiger partial charge in [0.1, 0.15) is 17.3 Å². The first-order chi connectivity index (χ1) is 19.0. The van der Waals surface area contributed by atoms with Crippen LogP contribution in [0.25, 0.3) is 28.0 Å².